The lowest BCUT2D eigenvalue weighted by molar-refractivity contribution is 0.0170. The summed E-state index contributed by atoms with van der Waals surface area (Å²) < 4.78 is 0. The first-order valence-corrected chi connectivity index (χ1v) is 6.70. The van der Waals surface area contributed by atoms with Crippen LogP contribution in [0.15, 0.2) is 18.2 Å². The second-order valence-electron chi connectivity index (χ2n) is 4.94. The fourth-order valence-corrected chi connectivity index (χ4v) is 1.56. The van der Waals surface area contributed by atoms with Crippen LogP contribution >= 0.6 is 23.2 Å². The van der Waals surface area contributed by atoms with Gasteiger partial charge in [0.15, 0.2) is 0 Å². The minimum atomic E-state index is -0.963. The number of carbonyl (C=O) groups is 1. The van der Waals surface area contributed by atoms with Gasteiger partial charge < -0.3 is 15.7 Å². The van der Waals surface area contributed by atoms with Crippen LogP contribution in [0.3, 0.4) is 0 Å². The van der Waals surface area contributed by atoms with E-state index in [-0.39, 0.29) is 12.5 Å². The van der Waals surface area contributed by atoms with Crippen molar-refractivity contribution in [2.45, 2.75) is 26.4 Å². The number of carbonyl (C=O) groups excluding carboxylic acids is 1. The number of anilines is 1. The molecule has 0 fully saturated rings. The molecule has 0 aliphatic carbocycles. The molecule has 1 aromatic rings. The van der Waals surface area contributed by atoms with Crippen LogP contribution in [0.4, 0.5) is 10.5 Å². The third-order valence-electron chi connectivity index (χ3n) is 3.03. The molecule has 0 spiro atoms. The standard InChI is InChI=1S/C13H18Cl2N2O2/c1-8(2)13(3,19)7-16-12(18)17-11-6-9(14)4-5-10(11)15/h4-6,8,19H,7H2,1-3H3,(H2,16,17,18). The van der Waals surface area contributed by atoms with Gasteiger partial charge >= 0.3 is 6.03 Å². The van der Waals surface area contributed by atoms with Crippen LogP contribution in [0.5, 0.6) is 0 Å². The number of nitrogens with one attached hydrogen (secondary N) is 2. The van der Waals surface area contributed by atoms with Crippen LogP contribution in [0.2, 0.25) is 10.0 Å². The molecule has 0 heterocycles. The van der Waals surface area contributed by atoms with Gasteiger partial charge in [0.05, 0.1) is 16.3 Å². The smallest absolute Gasteiger partial charge is 0.319 e. The van der Waals surface area contributed by atoms with Crippen molar-refractivity contribution in [1.82, 2.24) is 5.32 Å². The summed E-state index contributed by atoms with van der Waals surface area (Å²) in [4.78, 5) is 11.7. The summed E-state index contributed by atoms with van der Waals surface area (Å²) >= 11 is 11.8. The van der Waals surface area contributed by atoms with Crippen LogP contribution in [0.25, 0.3) is 0 Å². The average Bonchev–Trinajstić information content (AvgIpc) is 2.31. The van der Waals surface area contributed by atoms with E-state index in [1.54, 1.807) is 25.1 Å². The van der Waals surface area contributed by atoms with E-state index in [0.717, 1.165) is 0 Å². The number of benzene rings is 1. The lowest BCUT2D eigenvalue weighted by Gasteiger charge is -2.27. The van der Waals surface area contributed by atoms with E-state index >= 15 is 0 Å². The molecule has 2 amide bonds. The number of hydrogen-bond donors (Lipinski definition) is 3. The second-order valence-corrected chi connectivity index (χ2v) is 5.79. The van der Waals surface area contributed by atoms with Crippen LogP contribution < -0.4 is 10.6 Å². The van der Waals surface area contributed by atoms with Crippen molar-refractivity contribution < 1.29 is 9.90 Å². The molecule has 1 atom stereocenters. The van der Waals surface area contributed by atoms with Gasteiger partial charge in [0.1, 0.15) is 0 Å². The Morgan fingerprint density at radius 1 is 1.42 bits per heavy atom. The summed E-state index contributed by atoms with van der Waals surface area (Å²) in [5.74, 6) is 0.0301. The normalized spacial score (nSPS) is 14.1. The van der Waals surface area contributed by atoms with Gasteiger partial charge in [-0.15, -0.1) is 0 Å². The highest BCUT2D eigenvalue weighted by Crippen LogP contribution is 2.25. The molecule has 4 nitrogen and oxygen atoms in total. The first-order chi connectivity index (χ1) is 8.72. The topological polar surface area (TPSA) is 61.4 Å². The summed E-state index contributed by atoms with van der Waals surface area (Å²) in [5, 5.41) is 16.1. The summed E-state index contributed by atoms with van der Waals surface area (Å²) in [6.07, 6.45) is 0. The Kier molecular flexibility index (Phi) is 5.47. The molecule has 0 saturated heterocycles. The fraction of sp³-hybridized carbons (Fsp3) is 0.462. The van der Waals surface area contributed by atoms with Crippen molar-refractivity contribution >= 4 is 34.9 Å². The van der Waals surface area contributed by atoms with Crippen molar-refractivity contribution in [2.75, 3.05) is 11.9 Å². The highest BCUT2D eigenvalue weighted by Gasteiger charge is 2.25. The summed E-state index contributed by atoms with van der Waals surface area (Å²) in [5.41, 5.74) is -0.536. The maximum atomic E-state index is 11.7. The fourth-order valence-electron chi connectivity index (χ4n) is 1.22. The molecule has 0 saturated carbocycles. The zero-order chi connectivity index (χ0) is 14.6. The molecular formula is C13H18Cl2N2O2. The van der Waals surface area contributed by atoms with Gasteiger partial charge in [-0.05, 0) is 31.0 Å². The molecule has 0 aliphatic heterocycles. The lowest BCUT2D eigenvalue weighted by atomic mass is 9.93. The molecule has 1 rings (SSSR count). The number of rotatable bonds is 4. The largest absolute Gasteiger partial charge is 0.388 e. The van der Waals surface area contributed by atoms with Crippen molar-refractivity contribution in [3.8, 4) is 0 Å². The molecule has 6 heteroatoms. The summed E-state index contributed by atoms with van der Waals surface area (Å²) in [7, 11) is 0. The molecule has 106 valence electrons. The third kappa shape index (κ3) is 4.90. The molecule has 1 unspecified atom stereocenters. The van der Waals surface area contributed by atoms with Crippen molar-refractivity contribution in [3.05, 3.63) is 28.2 Å². The van der Waals surface area contributed by atoms with Crippen LogP contribution in [-0.2, 0) is 0 Å². The van der Waals surface area contributed by atoms with Gasteiger partial charge in [-0.3, -0.25) is 0 Å². The highest BCUT2D eigenvalue weighted by atomic mass is 35.5. The Balaban J connectivity index is 2.59. The Morgan fingerprint density at radius 3 is 2.63 bits per heavy atom. The number of halogens is 2. The van der Waals surface area contributed by atoms with Crippen LogP contribution in [0, 0.1) is 5.92 Å². The number of aliphatic hydroxyl groups is 1. The molecule has 0 aliphatic rings. The van der Waals surface area contributed by atoms with Crippen LogP contribution in [0.1, 0.15) is 20.8 Å². The number of urea groups is 1. The second kappa shape index (κ2) is 6.46. The van der Waals surface area contributed by atoms with E-state index in [9.17, 15) is 9.90 Å². The van der Waals surface area contributed by atoms with E-state index in [1.807, 2.05) is 13.8 Å². The van der Waals surface area contributed by atoms with E-state index in [1.165, 1.54) is 0 Å². The van der Waals surface area contributed by atoms with Gasteiger partial charge in [-0.1, -0.05) is 37.0 Å². The Bertz CT molecular complexity index is 462. The first kappa shape index (κ1) is 16.1. The predicted octanol–water partition coefficient (Wildman–Crippen LogP) is 3.52. The third-order valence-corrected chi connectivity index (χ3v) is 3.59. The lowest BCUT2D eigenvalue weighted by Crippen LogP contribution is -2.45. The summed E-state index contributed by atoms with van der Waals surface area (Å²) in [6.45, 7) is 5.58. The molecule has 19 heavy (non-hydrogen) atoms. The number of amides is 2. The maximum Gasteiger partial charge on any atom is 0.319 e. The van der Waals surface area contributed by atoms with Gasteiger partial charge in [0.2, 0.25) is 0 Å². The van der Waals surface area contributed by atoms with Crippen molar-refractivity contribution in [2.24, 2.45) is 5.92 Å². The zero-order valence-electron chi connectivity index (χ0n) is 11.1. The molecule has 0 bridgehead atoms. The van der Waals surface area contributed by atoms with Gasteiger partial charge in [-0.2, -0.15) is 0 Å². The molecule has 3 N–H and O–H groups in total. The first-order valence-electron chi connectivity index (χ1n) is 5.94. The van der Waals surface area contributed by atoms with Gasteiger partial charge in [-0.25, -0.2) is 4.79 Å². The minimum Gasteiger partial charge on any atom is -0.388 e. The Morgan fingerprint density at radius 2 is 2.05 bits per heavy atom. The van der Waals surface area contributed by atoms with E-state index in [2.05, 4.69) is 10.6 Å². The van der Waals surface area contributed by atoms with Gasteiger partial charge in [0, 0.05) is 11.6 Å². The molecular weight excluding hydrogens is 287 g/mol. The molecule has 0 radical (unpaired) electrons. The zero-order valence-corrected chi connectivity index (χ0v) is 12.6. The molecule has 1 aromatic carbocycles. The van der Waals surface area contributed by atoms with E-state index in [4.69, 9.17) is 23.2 Å². The summed E-state index contributed by atoms with van der Waals surface area (Å²) in [6, 6.07) is 4.36. The van der Waals surface area contributed by atoms with E-state index < -0.39 is 11.6 Å². The van der Waals surface area contributed by atoms with Crippen molar-refractivity contribution in [3.63, 3.8) is 0 Å². The highest BCUT2D eigenvalue weighted by molar-refractivity contribution is 6.35. The van der Waals surface area contributed by atoms with Crippen LogP contribution in [-0.4, -0.2) is 23.3 Å². The SMILES string of the molecule is CC(C)C(C)(O)CNC(=O)Nc1cc(Cl)ccc1Cl. The Labute approximate surface area is 123 Å². The van der Waals surface area contributed by atoms with E-state index in [0.29, 0.717) is 15.7 Å². The van der Waals surface area contributed by atoms with Crippen molar-refractivity contribution in [1.29, 1.82) is 0 Å². The Hall–Kier alpha value is -0.970. The monoisotopic (exact) mass is 304 g/mol. The predicted molar refractivity (Wildman–Crippen MR) is 78.9 cm³/mol. The van der Waals surface area contributed by atoms with Gasteiger partial charge in [0.25, 0.3) is 0 Å². The molecule has 0 aromatic heterocycles. The average molecular weight is 305 g/mol. The number of hydrogen-bond acceptors (Lipinski definition) is 2. The minimum absolute atomic E-state index is 0.0301. The quantitative estimate of drug-likeness (QED) is 0.797. The maximum absolute atomic E-state index is 11.7.